The van der Waals surface area contributed by atoms with Crippen LogP contribution >= 0.6 is 11.3 Å². The molecule has 0 atom stereocenters. The van der Waals surface area contributed by atoms with Crippen LogP contribution in [0.3, 0.4) is 0 Å². The average molecular weight is 383 g/mol. The number of methoxy groups -OCH3 is 1. The summed E-state index contributed by atoms with van der Waals surface area (Å²) in [7, 11) is 1.64. The molecule has 140 valence electrons. The molecule has 0 aliphatic carbocycles. The monoisotopic (exact) mass is 383 g/mol. The van der Waals surface area contributed by atoms with Gasteiger partial charge >= 0.3 is 0 Å². The zero-order chi connectivity index (χ0) is 19.2. The smallest absolute Gasteiger partial charge is 0.257 e. The van der Waals surface area contributed by atoms with Gasteiger partial charge in [-0.3, -0.25) is 10.1 Å². The summed E-state index contributed by atoms with van der Waals surface area (Å²) in [6.45, 7) is 4.60. The molecular weight excluding hydrogens is 362 g/mol. The summed E-state index contributed by atoms with van der Waals surface area (Å²) in [6.07, 6.45) is 1.50. The Hall–Kier alpha value is -2.84. The summed E-state index contributed by atoms with van der Waals surface area (Å²) in [6, 6.07) is 9.40. The number of anilines is 2. The van der Waals surface area contributed by atoms with Crippen molar-refractivity contribution in [2.24, 2.45) is 0 Å². The molecule has 0 saturated heterocycles. The van der Waals surface area contributed by atoms with Gasteiger partial charge in [0, 0.05) is 30.2 Å². The van der Waals surface area contributed by atoms with Crippen LogP contribution in [0.15, 0.2) is 42.0 Å². The second kappa shape index (κ2) is 8.70. The average Bonchev–Trinajstić information content (AvgIpc) is 3.11. The standard InChI is InChI=1S/C19H21N5O2S/c1-12(2)22-17-8-15(20-11-21-17)16-10-27-19(23-16)24-18(25)14-6-4-13(5-7-14)9-26-3/h4-8,10-12H,9H2,1-3H3,(H,20,21,22)(H,23,24,25). The van der Waals surface area contributed by atoms with Crippen LogP contribution in [0.1, 0.15) is 29.8 Å². The van der Waals surface area contributed by atoms with E-state index < -0.39 is 0 Å². The molecule has 3 rings (SSSR count). The van der Waals surface area contributed by atoms with Gasteiger partial charge in [-0.15, -0.1) is 11.3 Å². The summed E-state index contributed by atoms with van der Waals surface area (Å²) in [5, 5.41) is 8.44. The number of hydrogen-bond acceptors (Lipinski definition) is 7. The van der Waals surface area contributed by atoms with Crippen molar-refractivity contribution in [3.05, 3.63) is 53.2 Å². The number of carbonyl (C=O) groups excluding carboxylic acids is 1. The van der Waals surface area contributed by atoms with Crippen molar-refractivity contribution in [2.75, 3.05) is 17.7 Å². The van der Waals surface area contributed by atoms with Crippen LogP contribution in [0.5, 0.6) is 0 Å². The topological polar surface area (TPSA) is 89.0 Å². The Labute approximate surface area is 161 Å². The van der Waals surface area contributed by atoms with Crippen LogP contribution in [-0.2, 0) is 11.3 Å². The predicted octanol–water partition coefficient (Wildman–Crippen LogP) is 3.82. The van der Waals surface area contributed by atoms with E-state index >= 15 is 0 Å². The van der Waals surface area contributed by atoms with Gasteiger partial charge in [0.2, 0.25) is 0 Å². The molecule has 0 radical (unpaired) electrons. The number of rotatable bonds is 7. The Morgan fingerprint density at radius 2 is 1.96 bits per heavy atom. The first-order chi connectivity index (χ1) is 13.0. The lowest BCUT2D eigenvalue weighted by molar-refractivity contribution is 0.102. The second-order valence-electron chi connectivity index (χ2n) is 6.21. The van der Waals surface area contributed by atoms with E-state index in [4.69, 9.17) is 4.74 Å². The third-order valence-corrected chi connectivity index (χ3v) is 4.38. The molecule has 8 heteroatoms. The zero-order valence-electron chi connectivity index (χ0n) is 15.4. The molecule has 0 unspecified atom stereocenters. The van der Waals surface area contributed by atoms with Crippen LogP contribution in [0, 0.1) is 0 Å². The largest absolute Gasteiger partial charge is 0.380 e. The van der Waals surface area contributed by atoms with E-state index in [-0.39, 0.29) is 11.9 Å². The molecule has 0 aliphatic rings. The maximum atomic E-state index is 12.4. The van der Waals surface area contributed by atoms with E-state index in [1.165, 1.54) is 17.7 Å². The number of benzene rings is 1. The minimum absolute atomic E-state index is 0.204. The summed E-state index contributed by atoms with van der Waals surface area (Å²) < 4.78 is 5.07. The van der Waals surface area contributed by atoms with Crippen molar-refractivity contribution in [2.45, 2.75) is 26.5 Å². The first kappa shape index (κ1) is 18.9. The van der Waals surface area contributed by atoms with E-state index in [1.54, 1.807) is 19.2 Å². The van der Waals surface area contributed by atoms with Gasteiger partial charge in [-0.2, -0.15) is 0 Å². The van der Waals surface area contributed by atoms with E-state index in [0.29, 0.717) is 28.7 Å². The number of nitrogens with one attached hydrogen (secondary N) is 2. The van der Waals surface area contributed by atoms with Gasteiger partial charge in [0.1, 0.15) is 17.8 Å². The Morgan fingerprint density at radius 3 is 2.67 bits per heavy atom. The van der Waals surface area contributed by atoms with Gasteiger partial charge in [-0.1, -0.05) is 12.1 Å². The number of aromatic nitrogens is 3. The van der Waals surface area contributed by atoms with Crippen molar-refractivity contribution in [3.8, 4) is 11.4 Å². The van der Waals surface area contributed by atoms with Crippen molar-refractivity contribution in [3.63, 3.8) is 0 Å². The van der Waals surface area contributed by atoms with E-state index in [9.17, 15) is 4.79 Å². The predicted molar refractivity (Wildman–Crippen MR) is 107 cm³/mol. The van der Waals surface area contributed by atoms with Gasteiger partial charge in [0.25, 0.3) is 5.91 Å². The number of carbonyl (C=O) groups is 1. The quantitative estimate of drug-likeness (QED) is 0.645. The third-order valence-electron chi connectivity index (χ3n) is 3.62. The van der Waals surface area contributed by atoms with Crippen LogP contribution in [-0.4, -0.2) is 34.0 Å². The van der Waals surface area contributed by atoms with Crippen molar-refractivity contribution < 1.29 is 9.53 Å². The molecule has 2 N–H and O–H groups in total. The van der Waals surface area contributed by atoms with Crippen LogP contribution < -0.4 is 10.6 Å². The maximum Gasteiger partial charge on any atom is 0.257 e. The lowest BCUT2D eigenvalue weighted by Crippen LogP contribution is -2.12. The van der Waals surface area contributed by atoms with Crippen LogP contribution in [0.2, 0.25) is 0 Å². The fourth-order valence-corrected chi connectivity index (χ4v) is 3.11. The van der Waals surface area contributed by atoms with E-state index in [1.807, 2.05) is 37.4 Å². The lowest BCUT2D eigenvalue weighted by atomic mass is 10.1. The van der Waals surface area contributed by atoms with Gasteiger partial charge in [-0.25, -0.2) is 15.0 Å². The summed E-state index contributed by atoms with van der Waals surface area (Å²) in [5.41, 5.74) is 2.98. The molecule has 0 bridgehead atoms. The molecule has 1 amide bonds. The SMILES string of the molecule is COCc1ccc(C(=O)Nc2nc(-c3cc(NC(C)C)ncn3)cs2)cc1. The molecule has 2 heterocycles. The molecule has 0 spiro atoms. The molecule has 0 saturated carbocycles. The fourth-order valence-electron chi connectivity index (χ4n) is 2.41. The first-order valence-electron chi connectivity index (χ1n) is 8.49. The molecule has 2 aromatic heterocycles. The number of ether oxygens (including phenoxy) is 1. The maximum absolute atomic E-state index is 12.4. The number of amides is 1. The molecule has 27 heavy (non-hydrogen) atoms. The second-order valence-corrected chi connectivity index (χ2v) is 7.07. The first-order valence-corrected chi connectivity index (χ1v) is 9.37. The van der Waals surface area contributed by atoms with Crippen molar-refractivity contribution >= 4 is 28.2 Å². The van der Waals surface area contributed by atoms with E-state index in [2.05, 4.69) is 25.6 Å². The number of hydrogen-bond donors (Lipinski definition) is 2. The van der Waals surface area contributed by atoms with Crippen molar-refractivity contribution in [1.29, 1.82) is 0 Å². The molecule has 3 aromatic rings. The van der Waals surface area contributed by atoms with Crippen molar-refractivity contribution in [1.82, 2.24) is 15.0 Å². The van der Waals surface area contributed by atoms with Gasteiger partial charge in [0.15, 0.2) is 5.13 Å². The summed E-state index contributed by atoms with van der Waals surface area (Å²) >= 11 is 1.35. The third kappa shape index (κ3) is 5.08. The Kier molecular flexibility index (Phi) is 6.10. The van der Waals surface area contributed by atoms with Crippen LogP contribution in [0.4, 0.5) is 10.9 Å². The number of nitrogens with zero attached hydrogens (tertiary/aromatic N) is 3. The molecule has 7 nitrogen and oxygen atoms in total. The highest BCUT2D eigenvalue weighted by atomic mass is 32.1. The van der Waals surface area contributed by atoms with Gasteiger partial charge in [0.05, 0.1) is 12.3 Å². The zero-order valence-corrected chi connectivity index (χ0v) is 16.2. The minimum atomic E-state index is -0.204. The van der Waals surface area contributed by atoms with Gasteiger partial charge in [-0.05, 0) is 31.5 Å². The van der Waals surface area contributed by atoms with E-state index in [0.717, 1.165) is 11.4 Å². The summed E-state index contributed by atoms with van der Waals surface area (Å²) in [5.74, 6) is 0.537. The molecule has 0 aliphatic heterocycles. The minimum Gasteiger partial charge on any atom is -0.380 e. The Balaban J connectivity index is 1.69. The molecule has 0 fully saturated rings. The van der Waals surface area contributed by atoms with Crippen LogP contribution in [0.25, 0.3) is 11.4 Å². The number of thiazole rings is 1. The van der Waals surface area contributed by atoms with Gasteiger partial charge < -0.3 is 10.1 Å². The highest BCUT2D eigenvalue weighted by molar-refractivity contribution is 7.14. The molecular formula is C19H21N5O2S. The lowest BCUT2D eigenvalue weighted by Gasteiger charge is -2.08. The normalized spacial score (nSPS) is 10.8. The Bertz CT molecular complexity index is 908. The fraction of sp³-hybridized carbons (Fsp3) is 0.263. The highest BCUT2D eigenvalue weighted by Crippen LogP contribution is 2.25. The Morgan fingerprint density at radius 1 is 1.19 bits per heavy atom. The summed E-state index contributed by atoms with van der Waals surface area (Å²) in [4.78, 5) is 25.3. The highest BCUT2D eigenvalue weighted by Gasteiger charge is 2.11. The molecule has 1 aromatic carbocycles.